The number of piperidine rings is 1. The molecular weight excluding hydrogens is 274 g/mol. The van der Waals surface area contributed by atoms with Crippen molar-refractivity contribution < 1.29 is 4.79 Å². The van der Waals surface area contributed by atoms with E-state index in [1.807, 2.05) is 17.0 Å². The summed E-state index contributed by atoms with van der Waals surface area (Å²) in [6, 6.07) is 7.22. The minimum absolute atomic E-state index is 0.0221. The van der Waals surface area contributed by atoms with Crippen LogP contribution in [0.5, 0.6) is 0 Å². The number of aryl methyl sites for hydroxylation is 2. The van der Waals surface area contributed by atoms with E-state index in [9.17, 15) is 4.79 Å². The highest BCUT2D eigenvalue weighted by Gasteiger charge is 2.26. The Morgan fingerprint density at radius 3 is 2.41 bits per heavy atom. The zero-order valence-corrected chi connectivity index (χ0v) is 14.5. The van der Waals surface area contributed by atoms with Crippen LogP contribution in [0.15, 0.2) is 18.2 Å². The summed E-state index contributed by atoms with van der Waals surface area (Å²) < 4.78 is 0. The summed E-state index contributed by atoms with van der Waals surface area (Å²) in [6.07, 6.45) is 2.10. The zero-order chi connectivity index (χ0) is 16.3. The molecule has 1 N–H and O–H groups in total. The van der Waals surface area contributed by atoms with E-state index in [1.54, 1.807) is 0 Å². The maximum Gasteiger partial charge on any atom is 0.321 e. The molecule has 1 aromatic carbocycles. The van der Waals surface area contributed by atoms with Crippen LogP contribution in [0.4, 0.5) is 10.5 Å². The fraction of sp³-hybridized carbons (Fsp3) is 0.611. The molecule has 0 radical (unpaired) electrons. The van der Waals surface area contributed by atoms with E-state index in [1.165, 1.54) is 11.1 Å². The average Bonchev–Trinajstić information content (AvgIpc) is 2.50. The number of hydrogen-bond donors (Lipinski definition) is 1. The number of nitrogens with one attached hydrogen (secondary N) is 1. The third kappa shape index (κ3) is 4.01. The average molecular weight is 303 g/mol. The summed E-state index contributed by atoms with van der Waals surface area (Å²) in [7, 11) is 2.18. The third-order valence-electron chi connectivity index (χ3n) is 4.90. The van der Waals surface area contributed by atoms with Crippen molar-refractivity contribution in [3.05, 3.63) is 29.3 Å². The number of urea groups is 1. The Morgan fingerprint density at radius 1 is 1.23 bits per heavy atom. The number of hydrogen-bond acceptors (Lipinski definition) is 2. The topological polar surface area (TPSA) is 35.6 Å². The van der Waals surface area contributed by atoms with Crippen LogP contribution in [-0.2, 0) is 0 Å². The molecule has 4 heteroatoms. The van der Waals surface area contributed by atoms with Crippen molar-refractivity contribution in [1.82, 2.24) is 9.80 Å². The highest BCUT2D eigenvalue weighted by molar-refractivity contribution is 5.89. The number of rotatable bonds is 3. The lowest BCUT2D eigenvalue weighted by Crippen LogP contribution is -2.48. The van der Waals surface area contributed by atoms with Gasteiger partial charge >= 0.3 is 6.03 Å². The van der Waals surface area contributed by atoms with Crippen LogP contribution in [0.2, 0.25) is 0 Å². The largest absolute Gasteiger partial charge is 0.324 e. The van der Waals surface area contributed by atoms with Gasteiger partial charge in [-0.3, -0.25) is 0 Å². The minimum Gasteiger partial charge on any atom is -0.324 e. The highest BCUT2D eigenvalue weighted by Crippen LogP contribution is 2.19. The molecule has 1 saturated heterocycles. The quantitative estimate of drug-likeness (QED) is 0.925. The summed E-state index contributed by atoms with van der Waals surface area (Å²) >= 11 is 0. The second kappa shape index (κ2) is 7.14. The van der Waals surface area contributed by atoms with Gasteiger partial charge in [-0.05, 0) is 70.8 Å². The Morgan fingerprint density at radius 2 is 1.86 bits per heavy atom. The van der Waals surface area contributed by atoms with Crippen LogP contribution in [0, 0.1) is 13.8 Å². The maximum absolute atomic E-state index is 12.4. The van der Waals surface area contributed by atoms with Crippen molar-refractivity contribution in [2.45, 2.75) is 52.6 Å². The molecular formula is C18H29N3O. The van der Waals surface area contributed by atoms with Gasteiger partial charge in [0.15, 0.2) is 0 Å². The summed E-state index contributed by atoms with van der Waals surface area (Å²) in [5.41, 5.74) is 3.33. The molecule has 1 aromatic rings. The molecule has 0 aromatic heterocycles. The van der Waals surface area contributed by atoms with Crippen molar-refractivity contribution in [3.8, 4) is 0 Å². The lowest BCUT2D eigenvalue weighted by atomic mass is 10.0. The first kappa shape index (κ1) is 16.8. The lowest BCUT2D eigenvalue weighted by Gasteiger charge is -2.38. The molecule has 1 heterocycles. The van der Waals surface area contributed by atoms with Gasteiger partial charge in [0.25, 0.3) is 0 Å². The van der Waals surface area contributed by atoms with Gasteiger partial charge in [0.2, 0.25) is 0 Å². The molecule has 1 aliphatic rings. The van der Waals surface area contributed by atoms with Gasteiger partial charge in [0.05, 0.1) is 0 Å². The summed E-state index contributed by atoms with van der Waals surface area (Å²) in [5.74, 6) is 0. The molecule has 0 unspecified atom stereocenters. The molecule has 0 spiro atoms. The van der Waals surface area contributed by atoms with Gasteiger partial charge in [-0.2, -0.15) is 0 Å². The second-order valence-electron chi connectivity index (χ2n) is 6.71. The molecule has 2 amide bonds. The van der Waals surface area contributed by atoms with Crippen LogP contribution in [0.3, 0.4) is 0 Å². The minimum atomic E-state index is 0.0221. The fourth-order valence-electron chi connectivity index (χ4n) is 2.92. The number of anilines is 1. The van der Waals surface area contributed by atoms with E-state index in [2.05, 4.69) is 51.0 Å². The maximum atomic E-state index is 12.4. The van der Waals surface area contributed by atoms with Crippen LogP contribution in [0.1, 0.15) is 37.8 Å². The van der Waals surface area contributed by atoms with Gasteiger partial charge in [-0.25, -0.2) is 4.79 Å². The Labute approximate surface area is 134 Å². The molecule has 0 bridgehead atoms. The number of carbonyl (C=O) groups excluding carboxylic acids is 1. The first-order valence-electron chi connectivity index (χ1n) is 8.23. The molecule has 0 saturated carbocycles. The van der Waals surface area contributed by atoms with Crippen LogP contribution in [-0.4, -0.2) is 48.1 Å². The second-order valence-corrected chi connectivity index (χ2v) is 6.71. The lowest BCUT2D eigenvalue weighted by molar-refractivity contribution is 0.120. The normalized spacial score (nSPS) is 16.4. The number of amides is 2. The molecule has 1 fully saturated rings. The SMILES string of the molecule is Cc1ccc(NC(=O)N2CCC(N(C)C(C)C)CC2)cc1C. The Kier molecular flexibility index (Phi) is 5.46. The predicted octanol–water partition coefficient (Wildman–Crippen LogP) is 3.64. The molecule has 0 atom stereocenters. The van der Waals surface area contributed by atoms with E-state index in [0.29, 0.717) is 12.1 Å². The standard InChI is InChI=1S/C18H29N3O/c1-13(2)20(5)17-8-10-21(11-9-17)18(22)19-16-7-6-14(3)15(4)12-16/h6-7,12-13,17H,8-11H2,1-5H3,(H,19,22). The van der Waals surface area contributed by atoms with Crippen molar-refractivity contribution in [2.24, 2.45) is 0 Å². The summed E-state index contributed by atoms with van der Waals surface area (Å²) in [5, 5.41) is 3.02. The summed E-state index contributed by atoms with van der Waals surface area (Å²) in [6.45, 7) is 10.3. The van der Waals surface area contributed by atoms with Crippen molar-refractivity contribution in [3.63, 3.8) is 0 Å². The third-order valence-corrected chi connectivity index (χ3v) is 4.90. The van der Waals surface area contributed by atoms with E-state index in [0.717, 1.165) is 31.6 Å². The molecule has 0 aliphatic carbocycles. The monoisotopic (exact) mass is 303 g/mol. The van der Waals surface area contributed by atoms with E-state index in [-0.39, 0.29) is 6.03 Å². The first-order chi connectivity index (χ1) is 10.4. The molecule has 4 nitrogen and oxygen atoms in total. The number of likely N-dealkylation sites (tertiary alicyclic amines) is 1. The van der Waals surface area contributed by atoms with Gasteiger partial charge in [-0.1, -0.05) is 6.07 Å². The van der Waals surface area contributed by atoms with Crippen molar-refractivity contribution >= 4 is 11.7 Å². The zero-order valence-electron chi connectivity index (χ0n) is 14.5. The van der Waals surface area contributed by atoms with Crippen LogP contribution >= 0.6 is 0 Å². The number of nitrogens with zero attached hydrogens (tertiary/aromatic N) is 2. The van der Waals surface area contributed by atoms with Crippen molar-refractivity contribution in [2.75, 3.05) is 25.5 Å². The van der Waals surface area contributed by atoms with E-state index < -0.39 is 0 Å². The number of benzene rings is 1. The van der Waals surface area contributed by atoms with Gasteiger partial charge < -0.3 is 15.1 Å². The Balaban J connectivity index is 1.88. The molecule has 22 heavy (non-hydrogen) atoms. The van der Waals surface area contributed by atoms with Crippen molar-refractivity contribution in [1.29, 1.82) is 0 Å². The van der Waals surface area contributed by atoms with E-state index >= 15 is 0 Å². The van der Waals surface area contributed by atoms with Crippen LogP contribution < -0.4 is 5.32 Å². The number of carbonyl (C=O) groups is 1. The van der Waals surface area contributed by atoms with Gasteiger partial charge in [0.1, 0.15) is 0 Å². The van der Waals surface area contributed by atoms with E-state index in [4.69, 9.17) is 0 Å². The Bertz CT molecular complexity index is 519. The molecule has 1 aliphatic heterocycles. The van der Waals surface area contributed by atoms with Crippen LogP contribution in [0.25, 0.3) is 0 Å². The fourth-order valence-corrected chi connectivity index (χ4v) is 2.92. The van der Waals surface area contributed by atoms with Gasteiger partial charge in [-0.15, -0.1) is 0 Å². The Hall–Kier alpha value is -1.55. The summed E-state index contributed by atoms with van der Waals surface area (Å²) in [4.78, 5) is 16.7. The highest BCUT2D eigenvalue weighted by atomic mass is 16.2. The first-order valence-corrected chi connectivity index (χ1v) is 8.23. The molecule has 122 valence electrons. The smallest absolute Gasteiger partial charge is 0.321 e. The predicted molar refractivity (Wildman–Crippen MR) is 92.4 cm³/mol. The van der Waals surface area contributed by atoms with Gasteiger partial charge in [0, 0.05) is 30.9 Å². The molecule has 2 rings (SSSR count).